The molecule has 1 radical (unpaired) electrons. The topological polar surface area (TPSA) is 9.23 Å². The van der Waals surface area contributed by atoms with Crippen LogP contribution in [0.25, 0.3) is 0 Å². The predicted octanol–water partition coefficient (Wildman–Crippen LogP) is 2.02. The van der Waals surface area contributed by atoms with Crippen molar-refractivity contribution in [3.63, 3.8) is 0 Å². The van der Waals surface area contributed by atoms with Crippen molar-refractivity contribution in [1.82, 2.24) is 0 Å². The molecule has 0 fully saturated rings. The molecular weight excluding hydrogens is 131 g/mol. The molecule has 1 aliphatic rings. The molecule has 0 saturated heterocycles. The lowest BCUT2D eigenvalue weighted by Crippen LogP contribution is -1.98. The maximum Gasteiger partial charge on any atom is 0.119 e. The van der Waals surface area contributed by atoms with Crippen molar-refractivity contribution in [2.24, 2.45) is 0 Å². The Bertz CT molecular complexity index is 170. The molecule has 1 nitrogen and oxygen atoms in total. The minimum atomic E-state index is -0.158. The zero-order valence-electron chi connectivity index (χ0n) is 5.93. The molecule has 0 saturated carbocycles. The Morgan fingerprint density at radius 2 is 2.50 bits per heavy atom. The Balaban J connectivity index is 2.51. The second-order valence-corrected chi connectivity index (χ2v) is 2.18. The monoisotopic (exact) mass is 141 g/mol. The lowest BCUT2D eigenvalue weighted by Gasteiger charge is -2.07. The first-order valence-corrected chi connectivity index (χ1v) is 3.21. The molecule has 1 aliphatic carbocycles. The van der Waals surface area contributed by atoms with Gasteiger partial charge in [0.1, 0.15) is 5.83 Å². The highest BCUT2D eigenvalue weighted by Gasteiger charge is 2.03. The maximum atomic E-state index is 12.5. The van der Waals surface area contributed by atoms with E-state index in [2.05, 4.69) is 0 Å². The third-order valence-electron chi connectivity index (χ3n) is 1.33. The number of hydrogen-bond donors (Lipinski definition) is 0. The highest BCUT2D eigenvalue weighted by molar-refractivity contribution is 5.29. The molecule has 0 unspecified atom stereocenters. The Kier molecular flexibility index (Phi) is 2.63. The van der Waals surface area contributed by atoms with Crippen LogP contribution in [0.2, 0.25) is 0 Å². The van der Waals surface area contributed by atoms with Crippen LogP contribution in [0.4, 0.5) is 4.39 Å². The third-order valence-corrected chi connectivity index (χ3v) is 1.33. The van der Waals surface area contributed by atoms with Gasteiger partial charge in [-0.3, -0.25) is 0 Å². The van der Waals surface area contributed by atoms with Gasteiger partial charge in [-0.05, 0) is 30.6 Å². The molecule has 0 aliphatic heterocycles. The summed E-state index contributed by atoms with van der Waals surface area (Å²) in [4.78, 5) is 0. The summed E-state index contributed by atoms with van der Waals surface area (Å²) in [6.45, 7) is 0.501. The molecule has 0 aromatic carbocycles. The van der Waals surface area contributed by atoms with Crippen molar-refractivity contribution in [3.05, 3.63) is 30.0 Å². The van der Waals surface area contributed by atoms with E-state index in [4.69, 9.17) is 4.74 Å². The lowest BCUT2D eigenvalue weighted by molar-refractivity contribution is 0.226. The van der Waals surface area contributed by atoms with Crippen molar-refractivity contribution in [2.75, 3.05) is 13.7 Å². The van der Waals surface area contributed by atoms with Gasteiger partial charge >= 0.3 is 0 Å². The van der Waals surface area contributed by atoms with E-state index in [9.17, 15) is 4.39 Å². The number of halogens is 1. The SMILES string of the molecule is COCC1=CC(F)=CC[CH]1. The van der Waals surface area contributed by atoms with Gasteiger partial charge in [0.15, 0.2) is 0 Å². The first-order valence-electron chi connectivity index (χ1n) is 3.21. The molecule has 0 atom stereocenters. The number of ether oxygens (including phenoxy) is 1. The number of rotatable bonds is 2. The molecule has 10 heavy (non-hydrogen) atoms. The van der Waals surface area contributed by atoms with Gasteiger partial charge in [-0.15, -0.1) is 0 Å². The van der Waals surface area contributed by atoms with Gasteiger partial charge in [0.2, 0.25) is 0 Å². The van der Waals surface area contributed by atoms with Crippen molar-refractivity contribution < 1.29 is 9.13 Å². The molecule has 0 spiro atoms. The average Bonchev–Trinajstić information content (AvgIpc) is 1.88. The smallest absolute Gasteiger partial charge is 0.119 e. The van der Waals surface area contributed by atoms with Crippen LogP contribution in [0.15, 0.2) is 23.6 Å². The van der Waals surface area contributed by atoms with Gasteiger partial charge in [0, 0.05) is 7.11 Å². The normalized spacial score (nSPS) is 18.2. The molecule has 0 amide bonds. The fraction of sp³-hybridized carbons (Fsp3) is 0.375. The average molecular weight is 141 g/mol. The van der Waals surface area contributed by atoms with Crippen LogP contribution in [0, 0.1) is 6.42 Å². The van der Waals surface area contributed by atoms with Gasteiger partial charge in [-0.2, -0.15) is 0 Å². The fourth-order valence-electron chi connectivity index (χ4n) is 0.885. The Morgan fingerprint density at radius 3 is 3.10 bits per heavy atom. The Hall–Kier alpha value is -0.630. The minimum absolute atomic E-state index is 0.158. The number of hydrogen-bond acceptors (Lipinski definition) is 1. The highest BCUT2D eigenvalue weighted by atomic mass is 19.1. The predicted molar refractivity (Wildman–Crippen MR) is 38.1 cm³/mol. The van der Waals surface area contributed by atoms with Crippen molar-refractivity contribution in [1.29, 1.82) is 0 Å². The van der Waals surface area contributed by atoms with Crippen LogP contribution in [0.1, 0.15) is 6.42 Å². The maximum absolute atomic E-state index is 12.5. The van der Waals surface area contributed by atoms with E-state index in [-0.39, 0.29) is 5.83 Å². The number of methoxy groups -OCH3 is 1. The van der Waals surface area contributed by atoms with E-state index in [0.29, 0.717) is 13.0 Å². The summed E-state index contributed by atoms with van der Waals surface area (Å²) in [5.74, 6) is -0.158. The quantitative estimate of drug-likeness (QED) is 0.571. The van der Waals surface area contributed by atoms with Crippen LogP contribution in [0.5, 0.6) is 0 Å². The van der Waals surface area contributed by atoms with E-state index in [1.54, 1.807) is 13.2 Å². The van der Waals surface area contributed by atoms with Crippen LogP contribution in [-0.4, -0.2) is 13.7 Å². The molecule has 0 aromatic rings. The molecule has 2 heteroatoms. The van der Waals surface area contributed by atoms with E-state index in [1.807, 2.05) is 6.42 Å². The first-order chi connectivity index (χ1) is 4.83. The van der Waals surface area contributed by atoms with Gasteiger partial charge in [0.05, 0.1) is 6.61 Å². The minimum Gasteiger partial charge on any atom is -0.380 e. The van der Waals surface area contributed by atoms with Crippen LogP contribution < -0.4 is 0 Å². The van der Waals surface area contributed by atoms with Gasteiger partial charge in [-0.25, -0.2) is 4.39 Å². The molecular formula is C8H10FO. The molecule has 0 aromatic heterocycles. The molecule has 0 N–H and O–H groups in total. The summed E-state index contributed by atoms with van der Waals surface area (Å²) >= 11 is 0. The van der Waals surface area contributed by atoms with Crippen LogP contribution in [-0.2, 0) is 4.74 Å². The summed E-state index contributed by atoms with van der Waals surface area (Å²) in [5.41, 5.74) is 0.919. The summed E-state index contributed by atoms with van der Waals surface area (Å²) in [6.07, 6.45) is 5.67. The fourth-order valence-corrected chi connectivity index (χ4v) is 0.885. The molecule has 1 rings (SSSR count). The summed E-state index contributed by atoms with van der Waals surface area (Å²) in [5, 5.41) is 0. The second kappa shape index (κ2) is 3.52. The van der Waals surface area contributed by atoms with Crippen LogP contribution in [0.3, 0.4) is 0 Å². The van der Waals surface area contributed by atoms with Crippen LogP contribution >= 0.6 is 0 Å². The standard InChI is InChI=1S/C8H10FO/c1-10-6-7-3-2-4-8(9)5-7/h3-5H,2,6H2,1H3. The third kappa shape index (κ3) is 1.95. The van der Waals surface area contributed by atoms with E-state index in [0.717, 1.165) is 5.57 Å². The van der Waals surface area contributed by atoms with Gasteiger partial charge in [-0.1, -0.05) is 0 Å². The second-order valence-electron chi connectivity index (χ2n) is 2.18. The zero-order valence-corrected chi connectivity index (χ0v) is 5.93. The largest absolute Gasteiger partial charge is 0.380 e. The lowest BCUT2D eigenvalue weighted by atomic mass is 10.1. The molecule has 0 bridgehead atoms. The van der Waals surface area contributed by atoms with Crippen molar-refractivity contribution in [3.8, 4) is 0 Å². The zero-order chi connectivity index (χ0) is 7.40. The Labute approximate surface area is 60.2 Å². The Morgan fingerprint density at radius 1 is 1.70 bits per heavy atom. The first kappa shape index (κ1) is 7.48. The highest BCUT2D eigenvalue weighted by Crippen LogP contribution is 2.16. The van der Waals surface area contributed by atoms with E-state index in [1.165, 1.54) is 6.08 Å². The van der Waals surface area contributed by atoms with Gasteiger partial charge < -0.3 is 4.74 Å². The molecule has 0 heterocycles. The molecule has 55 valence electrons. The summed E-state index contributed by atoms with van der Waals surface area (Å²) < 4.78 is 17.3. The van der Waals surface area contributed by atoms with E-state index < -0.39 is 0 Å². The van der Waals surface area contributed by atoms with E-state index >= 15 is 0 Å². The van der Waals surface area contributed by atoms with Crippen molar-refractivity contribution in [2.45, 2.75) is 6.42 Å². The summed E-state index contributed by atoms with van der Waals surface area (Å²) in [6, 6.07) is 0. The number of allylic oxidation sites excluding steroid dienone is 3. The van der Waals surface area contributed by atoms with Gasteiger partial charge in [0.25, 0.3) is 0 Å². The van der Waals surface area contributed by atoms with Crippen molar-refractivity contribution >= 4 is 0 Å². The summed E-state index contributed by atoms with van der Waals surface area (Å²) in [7, 11) is 1.60.